The van der Waals surface area contributed by atoms with Gasteiger partial charge in [-0.2, -0.15) is 11.8 Å². The molecule has 1 aliphatic heterocycles. The van der Waals surface area contributed by atoms with Gasteiger partial charge in [0.1, 0.15) is 0 Å². The van der Waals surface area contributed by atoms with Crippen molar-refractivity contribution in [3.05, 3.63) is 52.0 Å². The Morgan fingerprint density at radius 2 is 2.07 bits per heavy atom. The summed E-state index contributed by atoms with van der Waals surface area (Å²) in [5.74, 6) is 0.854. The van der Waals surface area contributed by atoms with Gasteiger partial charge in [0.2, 0.25) is 5.91 Å². The van der Waals surface area contributed by atoms with Crippen molar-refractivity contribution < 1.29 is 14.4 Å². The third-order valence-electron chi connectivity index (χ3n) is 4.90. The second-order valence-electron chi connectivity index (χ2n) is 6.85. The molecule has 3 N–H and O–H groups in total. The lowest BCUT2D eigenvalue weighted by Crippen LogP contribution is -2.45. The number of rotatable bonds is 8. The second-order valence-corrected chi connectivity index (χ2v) is 9.04. The van der Waals surface area contributed by atoms with Crippen LogP contribution in [0.25, 0.3) is 0 Å². The molecule has 0 saturated carbocycles. The highest BCUT2D eigenvalue weighted by atomic mass is 32.2. The molecule has 154 valence electrons. The molecule has 0 spiro atoms. The van der Waals surface area contributed by atoms with Gasteiger partial charge in [0.05, 0.1) is 21.5 Å². The number of thiophene rings is 1. The minimum atomic E-state index is -0.541. The molecule has 1 saturated heterocycles. The summed E-state index contributed by atoms with van der Waals surface area (Å²) < 4.78 is 0. The monoisotopic (exact) mass is 432 g/mol. The summed E-state index contributed by atoms with van der Waals surface area (Å²) in [6.07, 6.45) is 2.95. The quantitative estimate of drug-likeness (QED) is 0.623. The fourth-order valence-corrected chi connectivity index (χ4v) is 4.88. The maximum absolute atomic E-state index is 12.6. The van der Waals surface area contributed by atoms with Gasteiger partial charge >= 0.3 is 0 Å². The maximum Gasteiger partial charge on any atom is 0.261 e. The Balaban J connectivity index is 1.44. The van der Waals surface area contributed by atoms with Crippen LogP contribution in [0.4, 0.5) is 0 Å². The van der Waals surface area contributed by atoms with Crippen molar-refractivity contribution >= 4 is 40.8 Å². The minimum Gasteiger partial charge on any atom is -0.365 e. The number of aromatic nitrogens is 1. The van der Waals surface area contributed by atoms with E-state index < -0.39 is 5.91 Å². The van der Waals surface area contributed by atoms with Gasteiger partial charge in [-0.15, -0.1) is 11.3 Å². The van der Waals surface area contributed by atoms with E-state index in [-0.39, 0.29) is 23.9 Å². The third kappa shape index (κ3) is 5.57. The lowest BCUT2D eigenvalue weighted by Gasteiger charge is -2.25. The zero-order valence-corrected chi connectivity index (χ0v) is 17.8. The molecule has 7 nitrogen and oxygen atoms in total. The molecule has 3 rings (SSSR count). The number of nitrogens with two attached hydrogens (primary N) is 1. The summed E-state index contributed by atoms with van der Waals surface area (Å²) in [6, 6.07) is 8.80. The molecule has 2 aromatic heterocycles. The number of carbonyl (C=O) groups is 3. The summed E-state index contributed by atoms with van der Waals surface area (Å²) in [6.45, 7) is 2.59. The number of nitrogens with zero attached hydrogens (tertiary/aromatic N) is 2. The van der Waals surface area contributed by atoms with Crippen molar-refractivity contribution in [1.82, 2.24) is 15.2 Å². The molecule has 2 atom stereocenters. The first-order valence-electron chi connectivity index (χ1n) is 9.43. The molecule has 0 aliphatic carbocycles. The highest BCUT2D eigenvalue weighted by molar-refractivity contribution is 7.98. The SMILES string of the molecule is C[C@@H]1[C@H](NC(=O)c2ccc(C(N)=O)s2)CCN1C(=O)CCSCc1ccccn1. The van der Waals surface area contributed by atoms with E-state index in [9.17, 15) is 14.4 Å². The van der Waals surface area contributed by atoms with E-state index in [0.29, 0.717) is 29.1 Å². The van der Waals surface area contributed by atoms with Crippen LogP contribution in [0.3, 0.4) is 0 Å². The van der Waals surface area contributed by atoms with Crippen LogP contribution in [-0.2, 0) is 10.5 Å². The van der Waals surface area contributed by atoms with Crippen molar-refractivity contribution in [3.63, 3.8) is 0 Å². The van der Waals surface area contributed by atoms with E-state index in [0.717, 1.165) is 28.5 Å². The van der Waals surface area contributed by atoms with Gasteiger partial charge in [0.25, 0.3) is 11.8 Å². The normalized spacial score (nSPS) is 18.6. The number of thioether (sulfide) groups is 1. The average molecular weight is 433 g/mol. The highest BCUT2D eigenvalue weighted by Gasteiger charge is 2.34. The molecule has 9 heteroatoms. The molecule has 1 aliphatic rings. The molecule has 0 bridgehead atoms. The third-order valence-corrected chi connectivity index (χ3v) is 6.99. The number of hydrogen-bond donors (Lipinski definition) is 2. The number of pyridine rings is 1. The van der Waals surface area contributed by atoms with E-state index in [2.05, 4.69) is 10.3 Å². The highest BCUT2D eigenvalue weighted by Crippen LogP contribution is 2.22. The van der Waals surface area contributed by atoms with Crippen molar-refractivity contribution in [2.75, 3.05) is 12.3 Å². The molecule has 29 heavy (non-hydrogen) atoms. The van der Waals surface area contributed by atoms with Crippen LogP contribution in [0.15, 0.2) is 36.5 Å². The topological polar surface area (TPSA) is 105 Å². The molecule has 0 radical (unpaired) electrons. The van der Waals surface area contributed by atoms with Gasteiger partial charge in [-0.1, -0.05) is 6.07 Å². The second kappa shape index (κ2) is 9.89. The molecule has 0 unspecified atom stereocenters. The van der Waals surface area contributed by atoms with Crippen molar-refractivity contribution in [1.29, 1.82) is 0 Å². The Labute approximate surface area is 178 Å². The molecular weight excluding hydrogens is 408 g/mol. The van der Waals surface area contributed by atoms with Crippen LogP contribution >= 0.6 is 23.1 Å². The first-order valence-corrected chi connectivity index (χ1v) is 11.4. The number of primary amides is 1. The Hall–Kier alpha value is -2.39. The van der Waals surface area contributed by atoms with Gasteiger partial charge < -0.3 is 16.0 Å². The van der Waals surface area contributed by atoms with E-state index in [4.69, 9.17) is 5.73 Å². The summed E-state index contributed by atoms with van der Waals surface area (Å²) in [7, 11) is 0. The molecule has 0 aromatic carbocycles. The first kappa shape index (κ1) is 21.3. The number of amides is 3. The Kier molecular flexibility index (Phi) is 7.27. The van der Waals surface area contributed by atoms with Crippen molar-refractivity contribution in [2.24, 2.45) is 5.73 Å². The van der Waals surface area contributed by atoms with Crippen LogP contribution in [0.5, 0.6) is 0 Å². The Bertz CT molecular complexity index is 872. The minimum absolute atomic E-state index is 0.0668. The van der Waals surface area contributed by atoms with E-state index in [1.165, 1.54) is 0 Å². The van der Waals surface area contributed by atoms with Crippen LogP contribution < -0.4 is 11.1 Å². The van der Waals surface area contributed by atoms with E-state index in [1.807, 2.05) is 30.0 Å². The van der Waals surface area contributed by atoms with Crippen LogP contribution in [-0.4, -0.2) is 52.0 Å². The zero-order valence-electron chi connectivity index (χ0n) is 16.2. The predicted molar refractivity (Wildman–Crippen MR) is 115 cm³/mol. The standard InChI is InChI=1S/C20H24N4O3S2/c1-13-15(23-20(27)17-6-5-16(29-17)19(21)26)7-10-24(13)18(25)8-11-28-12-14-4-2-3-9-22-14/h2-6,9,13,15H,7-8,10-12H2,1H3,(H2,21,26)(H,23,27)/t13-,15-/m1/s1. The van der Waals surface area contributed by atoms with Gasteiger partial charge in [0.15, 0.2) is 0 Å². The van der Waals surface area contributed by atoms with Crippen molar-refractivity contribution in [2.45, 2.75) is 37.6 Å². The summed E-state index contributed by atoms with van der Waals surface area (Å²) in [4.78, 5) is 43.1. The summed E-state index contributed by atoms with van der Waals surface area (Å²) >= 11 is 2.77. The van der Waals surface area contributed by atoms with Crippen LogP contribution in [0, 0.1) is 0 Å². The summed E-state index contributed by atoms with van der Waals surface area (Å²) in [5, 5.41) is 2.98. The molecular formula is C20H24N4O3S2. The fourth-order valence-electron chi connectivity index (χ4n) is 3.28. The lowest BCUT2D eigenvalue weighted by atomic mass is 10.1. The Morgan fingerprint density at radius 1 is 1.28 bits per heavy atom. The van der Waals surface area contributed by atoms with Gasteiger partial charge in [-0.25, -0.2) is 0 Å². The smallest absolute Gasteiger partial charge is 0.261 e. The Morgan fingerprint density at radius 3 is 2.76 bits per heavy atom. The van der Waals surface area contributed by atoms with Gasteiger partial charge in [-0.3, -0.25) is 19.4 Å². The number of hydrogen-bond acceptors (Lipinski definition) is 6. The number of carbonyl (C=O) groups excluding carboxylic acids is 3. The first-order chi connectivity index (χ1) is 14.0. The van der Waals surface area contributed by atoms with Gasteiger partial charge in [0, 0.05) is 36.7 Å². The fraction of sp³-hybridized carbons (Fsp3) is 0.400. The number of likely N-dealkylation sites (tertiary alicyclic amines) is 1. The molecule has 3 amide bonds. The van der Waals surface area contributed by atoms with Gasteiger partial charge in [-0.05, 0) is 37.6 Å². The van der Waals surface area contributed by atoms with Crippen LogP contribution in [0.1, 0.15) is 44.8 Å². The van der Waals surface area contributed by atoms with Crippen molar-refractivity contribution in [3.8, 4) is 0 Å². The lowest BCUT2D eigenvalue weighted by molar-refractivity contribution is -0.131. The predicted octanol–water partition coefficient (Wildman–Crippen LogP) is 2.28. The van der Waals surface area contributed by atoms with E-state index in [1.54, 1.807) is 30.1 Å². The molecule has 1 fully saturated rings. The van der Waals surface area contributed by atoms with Crippen LogP contribution in [0.2, 0.25) is 0 Å². The number of nitrogens with one attached hydrogen (secondary N) is 1. The largest absolute Gasteiger partial charge is 0.365 e. The summed E-state index contributed by atoms with van der Waals surface area (Å²) in [5.41, 5.74) is 6.25. The molecule has 3 heterocycles. The maximum atomic E-state index is 12.6. The zero-order chi connectivity index (χ0) is 20.8. The average Bonchev–Trinajstić information content (AvgIpc) is 3.34. The molecule has 2 aromatic rings. The van der Waals surface area contributed by atoms with E-state index >= 15 is 0 Å².